The summed E-state index contributed by atoms with van der Waals surface area (Å²) >= 11 is 0. The third-order valence-electron chi connectivity index (χ3n) is 2.24. The van der Waals surface area contributed by atoms with Gasteiger partial charge in [0.15, 0.2) is 0 Å². The topological polar surface area (TPSA) is 3.24 Å². The Balaban J connectivity index is 2.26. The minimum Gasteiger partial charge on any atom is -0.306 e. The van der Waals surface area contributed by atoms with E-state index in [-0.39, 0.29) is 0 Å². The second-order valence-corrected chi connectivity index (χ2v) is 3.09. The van der Waals surface area contributed by atoms with E-state index in [4.69, 9.17) is 0 Å². The lowest BCUT2D eigenvalue weighted by molar-refractivity contribution is 0.120. The molecule has 0 radical (unpaired) electrons. The van der Waals surface area contributed by atoms with Crippen molar-refractivity contribution in [2.24, 2.45) is 5.92 Å². The molecule has 1 fully saturated rings. The molecule has 48 valence electrons. The average Bonchev–Trinajstić information content (AvgIpc) is 1.61. The summed E-state index contributed by atoms with van der Waals surface area (Å²) in [5.41, 5.74) is 0. The van der Waals surface area contributed by atoms with Crippen molar-refractivity contribution in [3.63, 3.8) is 0 Å². The lowest BCUT2D eigenvalue weighted by atomic mass is 9.80. The van der Waals surface area contributed by atoms with Gasteiger partial charge in [0, 0.05) is 6.04 Å². The average molecular weight is 113 g/mol. The van der Waals surface area contributed by atoms with Gasteiger partial charge in [-0.1, -0.05) is 6.92 Å². The zero-order valence-electron chi connectivity index (χ0n) is 6.02. The molecule has 0 unspecified atom stereocenters. The van der Waals surface area contributed by atoms with E-state index < -0.39 is 0 Å². The predicted molar refractivity (Wildman–Crippen MR) is 35.9 cm³/mol. The lowest BCUT2D eigenvalue weighted by Gasteiger charge is -2.38. The van der Waals surface area contributed by atoms with Gasteiger partial charge in [-0.05, 0) is 32.9 Å². The Bertz CT molecular complexity index is 73.7. The molecule has 1 aliphatic rings. The third kappa shape index (κ3) is 0.873. The quantitative estimate of drug-likeness (QED) is 0.496. The summed E-state index contributed by atoms with van der Waals surface area (Å²) in [5, 5.41) is 0. The second kappa shape index (κ2) is 2.06. The molecule has 1 rings (SSSR count). The van der Waals surface area contributed by atoms with Crippen LogP contribution in [0.25, 0.3) is 0 Å². The summed E-state index contributed by atoms with van der Waals surface area (Å²) in [7, 11) is 4.33. The van der Waals surface area contributed by atoms with Crippen LogP contribution in [0.2, 0.25) is 0 Å². The molecule has 0 heterocycles. The number of nitrogens with zero attached hydrogens (tertiary/aromatic N) is 1. The Kier molecular flexibility index (Phi) is 1.57. The summed E-state index contributed by atoms with van der Waals surface area (Å²) in [6, 6.07) is 0.884. The highest BCUT2D eigenvalue weighted by atomic mass is 15.1. The van der Waals surface area contributed by atoms with E-state index in [0.717, 1.165) is 12.0 Å². The molecule has 0 aliphatic heterocycles. The molecule has 0 aromatic heterocycles. The van der Waals surface area contributed by atoms with Gasteiger partial charge in [-0.25, -0.2) is 0 Å². The maximum Gasteiger partial charge on any atom is 0.0115 e. The van der Waals surface area contributed by atoms with Crippen molar-refractivity contribution in [3.8, 4) is 0 Å². The van der Waals surface area contributed by atoms with Crippen LogP contribution in [0, 0.1) is 5.92 Å². The molecule has 0 aromatic carbocycles. The summed E-state index contributed by atoms with van der Waals surface area (Å²) in [6.45, 7) is 2.33. The predicted octanol–water partition coefficient (Wildman–Crippen LogP) is 1.35. The molecular formula is C7H15N. The largest absolute Gasteiger partial charge is 0.306 e. The molecule has 0 bridgehead atoms. The zero-order chi connectivity index (χ0) is 6.15. The SMILES string of the molecule is C[C@H]1CC[C@@H]1N(C)C. The fourth-order valence-electron chi connectivity index (χ4n) is 1.42. The number of hydrogen-bond donors (Lipinski definition) is 0. The van der Waals surface area contributed by atoms with E-state index in [1.54, 1.807) is 0 Å². The summed E-state index contributed by atoms with van der Waals surface area (Å²) in [5.74, 6) is 0.949. The molecule has 1 nitrogen and oxygen atoms in total. The van der Waals surface area contributed by atoms with Crippen LogP contribution in [-0.2, 0) is 0 Å². The van der Waals surface area contributed by atoms with Crippen LogP contribution in [0.4, 0.5) is 0 Å². The van der Waals surface area contributed by atoms with Gasteiger partial charge in [-0.15, -0.1) is 0 Å². The summed E-state index contributed by atoms with van der Waals surface area (Å²) in [6.07, 6.45) is 2.84. The first-order valence-corrected chi connectivity index (χ1v) is 3.38. The molecule has 0 spiro atoms. The zero-order valence-corrected chi connectivity index (χ0v) is 6.02. The van der Waals surface area contributed by atoms with Crippen molar-refractivity contribution < 1.29 is 0 Å². The number of rotatable bonds is 1. The Morgan fingerprint density at radius 2 is 1.88 bits per heavy atom. The van der Waals surface area contributed by atoms with E-state index in [1.165, 1.54) is 12.8 Å². The van der Waals surface area contributed by atoms with Crippen LogP contribution < -0.4 is 0 Å². The van der Waals surface area contributed by atoms with Crippen molar-refractivity contribution in [2.45, 2.75) is 25.8 Å². The molecule has 1 aliphatic carbocycles. The Morgan fingerprint density at radius 3 is 1.88 bits per heavy atom. The van der Waals surface area contributed by atoms with Crippen LogP contribution in [0.3, 0.4) is 0 Å². The van der Waals surface area contributed by atoms with Gasteiger partial charge in [0.25, 0.3) is 0 Å². The maximum absolute atomic E-state index is 2.33. The van der Waals surface area contributed by atoms with Gasteiger partial charge < -0.3 is 4.90 Å². The van der Waals surface area contributed by atoms with Crippen molar-refractivity contribution in [2.75, 3.05) is 14.1 Å². The van der Waals surface area contributed by atoms with Crippen LogP contribution in [-0.4, -0.2) is 25.0 Å². The van der Waals surface area contributed by atoms with E-state index >= 15 is 0 Å². The first-order valence-electron chi connectivity index (χ1n) is 3.38. The summed E-state index contributed by atoms with van der Waals surface area (Å²) in [4.78, 5) is 2.33. The van der Waals surface area contributed by atoms with Crippen LogP contribution in [0.15, 0.2) is 0 Å². The van der Waals surface area contributed by atoms with E-state index in [0.29, 0.717) is 0 Å². The molecule has 1 heteroatoms. The lowest BCUT2D eigenvalue weighted by Crippen LogP contribution is -2.41. The first-order chi connectivity index (χ1) is 3.72. The van der Waals surface area contributed by atoms with Gasteiger partial charge >= 0.3 is 0 Å². The highest BCUT2D eigenvalue weighted by Crippen LogP contribution is 2.29. The molecule has 8 heavy (non-hydrogen) atoms. The van der Waals surface area contributed by atoms with Crippen molar-refractivity contribution in [1.82, 2.24) is 4.90 Å². The van der Waals surface area contributed by atoms with Crippen molar-refractivity contribution in [1.29, 1.82) is 0 Å². The molecule has 1 saturated carbocycles. The third-order valence-corrected chi connectivity index (χ3v) is 2.24. The van der Waals surface area contributed by atoms with Crippen molar-refractivity contribution in [3.05, 3.63) is 0 Å². The fraction of sp³-hybridized carbons (Fsp3) is 1.00. The van der Waals surface area contributed by atoms with E-state index in [1.807, 2.05) is 0 Å². The second-order valence-electron chi connectivity index (χ2n) is 3.09. The van der Waals surface area contributed by atoms with E-state index in [2.05, 4.69) is 25.9 Å². The minimum absolute atomic E-state index is 0.884. The van der Waals surface area contributed by atoms with Crippen LogP contribution >= 0.6 is 0 Å². The summed E-state index contributed by atoms with van der Waals surface area (Å²) < 4.78 is 0. The first kappa shape index (κ1) is 6.09. The Hall–Kier alpha value is -0.0400. The Labute approximate surface area is 51.7 Å². The molecular weight excluding hydrogens is 98.1 g/mol. The fourth-order valence-corrected chi connectivity index (χ4v) is 1.42. The van der Waals surface area contributed by atoms with Gasteiger partial charge in [0.1, 0.15) is 0 Å². The van der Waals surface area contributed by atoms with Crippen molar-refractivity contribution >= 4 is 0 Å². The number of hydrogen-bond acceptors (Lipinski definition) is 1. The standard InChI is InChI=1S/C7H15N/c1-6-4-5-7(6)8(2)3/h6-7H,4-5H2,1-3H3/t6-,7-/m0/s1. The normalized spacial score (nSPS) is 37.5. The minimum atomic E-state index is 0.884. The molecule has 0 N–H and O–H groups in total. The van der Waals surface area contributed by atoms with Gasteiger partial charge in [-0.3, -0.25) is 0 Å². The van der Waals surface area contributed by atoms with E-state index in [9.17, 15) is 0 Å². The molecule has 0 amide bonds. The van der Waals surface area contributed by atoms with Crippen LogP contribution in [0.1, 0.15) is 19.8 Å². The molecule has 0 aromatic rings. The smallest absolute Gasteiger partial charge is 0.0115 e. The highest BCUT2D eigenvalue weighted by Gasteiger charge is 2.27. The monoisotopic (exact) mass is 113 g/mol. The van der Waals surface area contributed by atoms with Gasteiger partial charge in [-0.2, -0.15) is 0 Å². The molecule has 2 atom stereocenters. The molecule has 0 saturated heterocycles. The Morgan fingerprint density at radius 1 is 1.25 bits per heavy atom. The maximum atomic E-state index is 2.33. The van der Waals surface area contributed by atoms with Gasteiger partial charge in [0.05, 0.1) is 0 Å². The van der Waals surface area contributed by atoms with Gasteiger partial charge in [0.2, 0.25) is 0 Å². The van der Waals surface area contributed by atoms with Crippen LogP contribution in [0.5, 0.6) is 0 Å². The highest BCUT2D eigenvalue weighted by molar-refractivity contribution is 4.82.